The van der Waals surface area contributed by atoms with Gasteiger partial charge in [0.1, 0.15) is 11.3 Å². The molecule has 3 aromatic rings. The van der Waals surface area contributed by atoms with Crippen molar-refractivity contribution >= 4 is 22.7 Å². The smallest absolute Gasteiger partial charge is 0.255 e. The van der Waals surface area contributed by atoms with E-state index in [2.05, 4.69) is 14.8 Å². The van der Waals surface area contributed by atoms with E-state index in [0.29, 0.717) is 28.0 Å². The molecule has 0 atom stereocenters. The first kappa shape index (κ1) is 16.7. The quantitative estimate of drug-likeness (QED) is 0.718. The lowest BCUT2D eigenvalue weighted by Gasteiger charge is -2.17. The molecule has 0 fully saturated rings. The van der Waals surface area contributed by atoms with Gasteiger partial charge >= 0.3 is 0 Å². The number of methoxy groups -OCH3 is 1. The number of nitrogen functional groups attached to an aromatic ring is 1. The van der Waals surface area contributed by atoms with Crippen LogP contribution in [-0.2, 0) is 0 Å². The fourth-order valence-corrected chi connectivity index (χ4v) is 3.09. The Morgan fingerprint density at radius 1 is 1.20 bits per heavy atom. The van der Waals surface area contributed by atoms with E-state index in [9.17, 15) is 4.39 Å². The summed E-state index contributed by atoms with van der Waals surface area (Å²) in [5.74, 6) is -0.0716. The summed E-state index contributed by atoms with van der Waals surface area (Å²) in [7, 11) is 1.42. The highest BCUT2D eigenvalue weighted by atomic mass is 19.1. The van der Waals surface area contributed by atoms with E-state index < -0.39 is 5.82 Å². The number of nitrogens with zero attached hydrogens (tertiary/aromatic N) is 4. The molecule has 3 rings (SSSR count). The zero-order valence-electron chi connectivity index (χ0n) is 14.7. The van der Waals surface area contributed by atoms with Gasteiger partial charge in [-0.15, -0.1) is 0 Å². The Balaban J connectivity index is 2.52. The van der Waals surface area contributed by atoms with Gasteiger partial charge in [-0.25, -0.2) is 14.2 Å². The fourth-order valence-electron chi connectivity index (χ4n) is 3.09. The standard InChI is InChI=1S/C18H18FN5O/c1-8-7-12(19)16(25-6)9(2)15(8)24-17(20)13(21-5)14-18(24)23-11(4)10(3)22-14/h7H,20H2,1-4,6H3. The SMILES string of the molecule is [C-]#[N+]c1c(N)n(-c2c(C)cc(F)c(OC)c2C)c2nc(C)c(C)nc12. The van der Waals surface area contributed by atoms with Crippen molar-refractivity contribution in [2.24, 2.45) is 0 Å². The molecule has 2 N–H and O–H groups in total. The van der Waals surface area contributed by atoms with Gasteiger partial charge in [-0.2, -0.15) is 0 Å². The van der Waals surface area contributed by atoms with Crippen LogP contribution in [0.4, 0.5) is 15.9 Å². The Morgan fingerprint density at radius 3 is 2.44 bits per heavy atom. The Bertz CT molecular complexity index is 1060. The molecule has 0 unspecified atom stereocenters. The van der Waals surface area contributed by atoms with Crippen molar-refractivity contribution in [2.45, 2.75) is 27.7 Å². The first-order chi connectivity index (χ1) is 11.8. The van der Waals surface area contributed by atoms with E-state index in [0.717, 1.165) is 11.4 Å². The summed E-state index contributed by atoms with van der Waals surface area (Å²) in [6, 6.07) is 1.39. The van der Waals surface area contributed by atoms with Gasteiger partial charge in [0.25, 0.3) is 5.69 Å². The van der Waals surface area contributed by atoms with Crippen molar-refractivity contribution < 1.29 is 9.13 Å². The third-order valence-corrected chi connectivity index (χ3v) is 4.38. The molecule has 0 aliphatic rings. The monoisotopic (exact) mass is 339 g/mol. The minimum atomic E-state index is -0.445. The molecule has 0 spiro atoms. The number of aromatic nitrogens is 3. The molecule has 128 valence electrons. The number of hydrogen-bond donors (Lipinski definition) is 1. The van der Waals surface area contributed by atoms with Gasteiger partial charge in [0.15, 0.2) is 17.2 Å². The summed E-state index contributed by atoms with van der Waals surface area (Å²) in [5.41, 5.74) is 10.8. The first-order valence-electron chi connectivity index (χ1n) is 7.68. The average Bonchev–Trinajstić information content (AvgIpc) is 2.80. The second-order valence-electron chi connectivity index (χ2n) is 5.93. The summed E-state index contributed by atoms with van der Waals surface area (Å²) >= 11 is 0. The minimum absolute atomic E-state index is 0.142. The predicted molar refractivity (Wildman–Crippen MR) is 95.0 cm³/mol. The van der Waals surface area contributed by atoms with Crippen molar-refractivity contribution in [3.05, 3.63) is 45.8 Å². The number of halogens is 1. The Hall–Kier alpha value is -3.14. The number of nitrogens with two attached hydrogens (primary N) is 1. The zero-order chi connectivity index (χ0) is 18.5. The normalized spacial score (nSPS) is 10.9. The minimum Gasteiger partial charge on any atom is -0.493 e. The first-order valence-corrected chi connectivity index (χ1v) is 7.68. The van der Waals surface area contributed by atoms with Gasteiger partial charge < -0.3 is 10.5 Å². The summed E-state index contributed by atoms with van der Waals surface area (Å²) in [6.45, 7) is 14.7. The van der Waals surface area contributed by atoms with Crippen LogP contribution in [0, 0.1) is 40.1 Å². The zero-order valence-corrected chi connectivity index (χ0v) is 14.7. The molecule has 2 heterocycles. The molecular weight excluding hydrogens is 321 g/mol. The second-order valence-corrected chi connectivity index (χ2v) is 5.93. The number of aryl methyl sites for hydroxylation is 3. The molecule has 25 heavy (non-hydrogen) atoms. The average molecular weight is 339 g/mol. The molecule has 0 saturated carbocycles. The highest BCUT2D eigenvalue weighted by molar-refractivity contribution is 5.97. The molecule has 0 bridgehead atoms. The number of benzene rings is 1. The van der Waals surface area contributed by atoms with Crippen LogP contribution in [0.2, 0.25) is 0 Å². The van der Waals surface area contributed by atoms with Crippen LogP contribution in [0.25, 0.3) is 21.7 Å². The van der Waals surface area contributed by atoms with E-state index in [-0.39, 0.29) is 17.3 Å². The van der Waals surface area contributed by atoms with E-state index in [1.807, 2.05) is 13.8 Å². The van der Waals surface area contributed by atoms with E-state index in [4.69, 9.17) is 17.0 Å². The van der Waals surface area contributed by atoms with Crippen LogP contribution in [0.3, 0.4) is 0 Å². The Morgan fingerprint density at radius 2 is 1.84 bits per heavy atom. The molecule has 2 aromatic heterocycles. The van der Waals surface area contributed by atoms with Crippen LogP contribution >= 0.6 is 0 Å². The number of hydrogen-bond acceptors (Lipinski definition) is 4. The topological polar surface area (TPSA) is 70.3 Å². The van der Waals surface area contributed by atoms with Crippen LogP contribution in [-0.4, -0.2) is 21.6 Å². The number of fused-ring (bicyclic) bond motifs is 1. The third-order valence-electron chi connectivity index (χ3n) is 4.38. The van der Waals surface area contributed by atoms with Gasteiger partial charge in [0.05, 0.1) is 30.8 Å². The van der Waals surface area contributed by atoms with Crippen molar-refractivity contribution in [2.75, 3.05) is 12.8 Å². The lowest BCUT2D eigenvalue weighted by molar-refractivity contribution is 0.383. The fraction of sp³-hybridized carbons (Fsp3) is 0.278. The van der Waals surface area contributed by atoms with Gasteiger partial charge in [-0.1, -0.05) is 0 Å². The summed E-state index contributed by atoms with van der Waals surface area (Å²) in [5, 5.41) is 0. The molecule has 7 heteroatoms. The Kier molecular flexibility index (Phi) is 3.84. The maximum atomic E-state index is 14.2. The molecule has 0 radical (unpaired) electrons. The summed E-state index contributed by atoms with van der Waals surface area (Å²) < 4.78 is 21.0. The largest absolute Gasteiger partial charge is 0.493 e. The van der Waals surface area contributed by atoms with E-state index >= 15 is 0 Å². The highest BCUT2D eigenvalue weighted by Gasteiger charge is 2.24. The van der Waals surface area contributed by atoms with Crippen molar-refractivity contribution in [3.8, 4) is 11.4 Å². The van der Waals surface area contributed by atoms with Crippen LogP contribution in [0.15, 0.2) is 6.07 Å². The van der Waals surface area contributed by atoms with Crippen molar-refractivity contribution in [1.82, 2.24) is 14.5 Å². The maximum Gasteiger partial charge on any atom is 0.255 e. The van der Waals surface area contributed by atoms with Crippen LogP contribution in [0.5, 0.6) is 5.75 Å². The lowest BCUT2D eigenvalue weighted by atomic mass is 10.1. The van der Waals surface area contributed by atoms with Gasteiger partial charge in [0, 0.05) is 5.56 Å². The molecule has 1 aromatic carbocycles. The molecule has 6 nitrogen and oxygen atoms in total. The van der Waals surface area contributed by atoms with Crippen molar-refractivity contribution in [1.29, 1.82) is 0 Å². The van der Waals surface area contributed by atoms with Gasteiger partial charge in [0.2, 0.25) is 0 Å². The Labute approximate surface area is 144 Å². The number of rotatable bonds is 2. The lowest BCUT2D eigenvalue weighted by Crippen LogP contribution is -2.08. The van der Waals surface area contributed by atoms with Gasteiger partial charge in [-0.05, 0) is 39.3 Å². The van der Waals surface area contributed by atoms with Gasteiger partial charge in [-0.3, -0.25) is 9.55 Å². The number of anilines is 1. The predicted octanol–water partition coefficient (Wildman–Crippen LogP) is 3.93. The second kappa shape index (κ2) is 5.74. The van der Waals surface area contributed by atoms with E-state index in [1.54, 1.807) is 18.4 Å². The molecular formula is C18H18FN5O. The van der Waals surface area contributed by atoms with Crippen molar-refractivity contribution in [3.63, 3.8) is 0 Å². The van der Waals surface area contributed by atoms with Crippen LogP contribution < -0.4 is 10.5 Å². The molecule has 0 saturated heterocycles. The molecule has 0 aliphatic carbocycles. The van der Waals surface area contributed by atoms with E-state index in [1.165, 1.54) is 13.2 Å². The maximum absolute atomic E-state index is 14.2. The third kappa shape index (κ3) is 2.30. The molecule has 0 amide bonds. The van der Waals surface area contributed by atoms with Crippen LogP contribution in [0.1, 0.15) is 22.5 Å². The number of ether oxygens (including phenoxy) is 1. The highest BCUT2D eigenvalue weighted by Crippen LogP contribution is 2.40. The molecule has 0 aliphatic heterocycles. The summed E-state index contributed by atoms with van der Waals surface area (Å²) in [6.07, 6.45) is 0. The summed E-state index contributed by atoms with van der Waals surface area (Å²) in [4.78, 5) is 12.6.